The standard InChI is InChI=1S/C26H25F3N4O3S.C22H20BrF3N2O3S.C18H17F3N4O2S.C15H15BrFNO3S.C6H5F3N2.C4H5N2.3C4H9.Sn/c1-32-16-24(30-17-32)23-14-22(37(34,35)33(2)15-18-7-10-21(36-3)11-8-18)12-9-19(23)13-20-5-4-6-25(31-20)26(27,28)29;1-28(14-15-6-9-18(31-2)10-7-15)32(29,30)19-11-8-16(20(23)13-19)12-17-4-3-5-21(27-17)22(24,25)26;1-22-28(26,27)14-7-6-12(15(9-14)16-10-25(2)11-23-16)8-13-4-3-5-17(24-13)18(19,20)21;1-18(10-11-3-5-12(21-2)6-4-11)22(19,20)13-7-8-15(17)14(16)9-13;7-6(8,9)4-2-1-3-5(10)11-4;1-6-3-2-5-4-6;3*1-3-4-2;/h4-12,14,16-17H,13,15H2,1-3H3;3-11,13H,12,14H2,1-2H3;3-7,9-11,22H,8H2,1-2H3;3-9H,10H2,1-2H3;1-3H,(H2,10,11);3-4H,1H3;3*1,3-4H2,2H3;. The van der Waals surface area contributed by atoms with E-state index in [-0.39, 0.29) is 85.9 Å². The van der Waals surface area contributed by atoms with Crippen LogP contribution in [0.3, 0.4) is 0 Å². The van der Waals surface area contributed by atoms with Gasteiger partial charge in [0.05, 0.1) is 69.4 Å². The zero-order chi connectivity index (χ0) is 110. The second-order valence-electron chi connectivity index (χ2n) is 34.4. The fourth-order valence-electron chi connectivity index (χ4n) is 15.1. The largest absolute Gasteiger partial charge is 0.497 e. The molecule has 7 heterocycles. The smallest absolute Gasteiger partial charge is 0.433 e. The minimum absolute atomic E-state index is 0.0383. The summed E-state index contributed by atoms with van der Waals surface area (Å²) in [6.45, 7) is 7.50. The molecule has 3 N–H and O–H groups in total. The van der Waals surface area contributed by atoms with Gasteiger partial charge in [-0.3, -0.25) is 0 Å². The van der Waals surface area contributed by atoms with E-state index in [1.807, 2.05) is 6.33 Å². The van der Waals surface area contributed by atoms with Crippen LogP contribution in [0.2, 0.25) is 13.3 Å². The van der Waals surface area contributed by atoms with Crippen molar-refractivity contribution < 1.29 is 105 Å². The van der Waals surface area contributed by atoms with Crippen LogP contribution in [0.5, 0.6) is 17.2 Å². The van der Waals surface area contributed by atoms with E-state index in [0.717, 1.165) is 47.0 Å². The summed E-state index contributed by atoms with van der Waals surface area (Å²) < 4.78 is 301. The molecule has 14 aromatic rings. The summed E-state index contributed by atoms with van der Waals surface area (Å²) in [5.41, 5.74) is 8.07. The van der Waals surface area contributed by atoms with Crippen LogP contribution in [0, 0.1) is 5.82 Å². The van der Waals surface area contributed by atoms with Crippen LogP contribution in [0.4, 0.5) is 62.9 Å². The molecule has 800 valence electrons. The number of aryl methyl sites for hydroxylation is 3. The van der Waals surface area contributed by atoms with Crippen molar-refractivity contribution in [2.24, 2.45) is 21.1 Å². The third-order valence-corrected chi connectivity index (χ3v) is 46.4. The minimum atomic E-state index is -4.56. The Morgan fingerprint density at radius 3 is 1.00 bits per heavy atom. The van der Waals surface area contributed by atoms with Gasteiger partial charge in [-0.25, -0.2) is 72.7 Å². The number of aromatic nitrogens is 10. The normalized spacial score (nSPS) is 12.1. The molecule has 149 heavy (non-hydrogen) atoms. The summed E-state index contributed by atoms with van der Waals surface area (Å²) in [4.78, 5) is 27.8. The predicted molar refractivity (Wildman–Crippen MR) is 554 cm³/mol. The van der Waals surface area contributed by atoms with Gasteiger partial charge in [-0.1, -0.05) is 94.8 Å². The molecule has 7 aromatic heterocycles. The first-order valence-corrected chi connectivity index (χ1v) is 61.0. The zero-order valence-corrected chi connectivity index (χ0v) is 92.8. The number of nitrogen functional groups attached to an aromatic ring is 1. The van der Waals surface area contributed by atoms with Crippen molar-refractivity contribution in [3.8, 4) is 39.8 Å². The molecule has 46 heteroatoms. The molecule has 0 amide bonds. The van der Waals surface area contributed by atoms with E-state index in [1.165, 1.54) is 190 Å². The van der Waals surface area contributed by atoms with Crippen molar-refractivity contribution in [3.05, 3.63) is 344 Å². The summed E-state index contributed by atoms with van der Waals surface area (Å²) in [5, 5.41) is 0. The number of benzene rings is 7. The Balaban J connectivity index is 0.000000205. The second kappa shape index (κ2) is 53.9. The van der Waals surface area contributed by atoms with Crippen molar-refractivity contribution >= 4 is 99.9 Å². The number of methoxy groups -OCH3 is 3. The average Bonchev–Trinajstić information content (AvgIpc) is 1.76. The molecule has 0 aliphatic heterocycles. The van der Waals surface area contributed by atoms with Gasteiger partial charge in [0.15, 0.2) is 0 Å². The minimum Gasteiger partial charge on any atom is -0.497 e. The Morgan fingerprint density at radius 1 is 0.389 bits per heavy atom. The third-order valence-electron chi connectivity index (χ3n) is 23.2. The summed E-state index contributed by atoms with van der Waals surface area (Å²) in [6.07, 6.45) is 1.41. The molecule has 0 saturated heterocycles. The van der Waals surface area contributed by atoms with Crippen LogP contribution in [-0.4, -0.2) is 163 Å². The van der Waals surface area contributed by atoms with E-state index < -0.39 is 112 Å². The summed E-state index contributed by atoms with van der Waals surface area (Å²) in [5.74, 6) is 1.42. The van der Waals surface area contributed by atoms with Gasteiger partial charge in [0, 0.05) is 119 Å². The molecule has 26 nitrogen and oxygen atoms in total. The number of hydrogen-bond donors (Lipinski definition) is 2. The molecule has 0 atom stereocenters. The van der Waals surface area contributed by atoms with Crippen molar-refractivity contribution in [1.82, 2.24) is 66.2 Å². The van der Waals surface area contributed by atoms with E-state index in [9.17, 15) is 90.7 Å². The van der Waals surface area contributed by atoms with Crippen molar-refractivity contribution in [2.75, 3.05) is 55.3 Å². The Kier molecular flexibility index (Phi) is 43.8. The number of hydrogen-bond acceptors (Lipinski definition) is 19. The molecule has 0 bridgehead atoms. The Labute approximate surface area is 880 Å². The van der Waals surface area contributed by atoms with Crippen LogP contribution in [-0.2, 0) is 125 Å². The molecule has 0 fully saturated rings. The number of nitrogens with zero attached hydrogens (tertiary/aromatic N) is 13. The average molecular weight is 2390 g/mol. The number of sulfonamides is 4. The number of halogens is 15. The Bertz CT molecular complexity index is 7240. The molecule has 14 rings (SSSR count). The zero-order valence-electron chi connectivity index (χ0n) is 83.5. The maximum atomic E-state index is 13.4. The number of unbranched alkanes of at least 4 members (excludes halogenated alkanes) is 3. The van der Waals surface area contributed by atoms with Gasteiger partial charge in [-0.05, 0) is 196 Å². The van der Waals surface area contributed by atoms with Gasteiger partial charge in [0.25, 0.3) is 0 Å². The Hall–Kier alpha value is -11.5. The fraction of sp³-hybridized carbons (Fsp3) is 0.311. The van der Waals surface area contributed by atoms with Gasteiger partial charge in [0.1, 0.15) is 51.7 Å². The molecule has 0 spiro atoms. The molecule has 0 unspecified atom stereocenters. The van der Waals surface area contributed by atoms with E-state index in [4.69, 9.17) is 24.9 Å². The topological polar surface area (TPSA) is 317 Å². The van der Waals surface area contributed by atoms with Crippen molar-refractivity contribution in [3.63, 3.8) is 0 Å². The van der Waals surface area contributed by atoms with E-state index in [0.29, 0.717) is 60.9 Å². The SMILES string of the molecule is CCC[CH2][Sn]([CH2]CCC)([CH2]CCC)[c]1cn(C)cn1.CNS(=O)(=O)c1ccc(Cc2cccc(C(F)(F)F)n2)c(-c2cn(C)cn2)c1.COc1ccc(CN(C)S(=O)(=O)c2ccc(Cc3cccc(C(F)(F)F)n3)c(-c3cn(C)cn3)c2)cc1.COc1ccc(CN(C)S(=O)(=O)c2ccc(Cc3cccc(C(F)(F)F)n3)c(Br)c2)cc1.COc1ccc(CN(C)S(=O)(=O)c2ccc(F)c(Br)c2)cc1.Nc1cccc(C(F)(F)F)n1. The molecule has 7 aromatic carbocycles. The number of nitrogens with two attached hydrogens (primary N) is 1. The number of nitrogens with one attached hydrogen (secondary N) is 1. The first-order chi connectivity index (χ1) is 70.1. The van der Waals surface area contributed by atoms with Crippen molar-refractivity contribution in [2.45, 2.75) is 156 Å². The summed E-state index contributed by atoms with van der Waals surface area (Å²) >= 11 is 4.13. The van der Waals surface area contributed by atoms with E-state index >= 15 is 0 Å². The van der Waals surface area contributed by atoms with Crippen molar-refractivity contribution in [1.29, 1.82) is 0 Å². The van der Waals surface area contributed by atoms with Crippen LogP contribution in [0.15, 0.2) is 284 Å². The van der Waals surface area contributed by atoms with Gasteiger partial charge in [-0.2, -0.15) is 65.6 Å². The number of pyridine rings is 4. The van der Waals surface area contributed by atoms with E-state index in [1.54, 1.807) is 164 Å². The quantitative estimate of drug-likeness (QED) is 0.0275. The summed E-state index contributed by atoms with van der Waals surface area (Å²) in [7, 11) is 1.03. The second-order valence-corrected chi connectivity index (χ2v) is 57.2. The molecular weight excluding hydrogens is 2280 g/mol. The van der Waals surface area contributed by atoms with Crippen LogP contribution in [0.25, 0.3) is 22.5 Å². The number of anilines is 1. The number of ether oxygens (including phenoxy) is 3. The first-order valence-electron chi connectivity index (χ1n) is 46.1. The molecule has 0 radical (unpaired) electrons. The van der Waals surface area contributed by atoms with Gasteiger partial charge >= 0.3 is 149 Å². The van der Waals surface area contributed by atoms with Gasteiger partial charge < -0.3 is 29.1 Å². The molecule has 0 aliphatic rings. The van der Waals surface area contributed by atoms with Crippen LogP contribution in [0.1, 0.15) is 133 Å². The van der Waals surface area contributed by atoms with Gasteiger partial charge in [-0.15, -0.1) is 0 Å². The number of alkyl halides is 12. The molecular formula is C103H114Br2F13N15O11S4Sn. The first kappa shape index (κ1) is 121. The summed E-state index contributed by atoms with van der Waals surface area (Å²) in [6, 6.07) is 52.9. The maximum absolute atomic E-state index is 13.4. The Morgan fingerprint density at radius 2 is 0.698 bits per heavy atom. The predicted octanol–water partition coefficient (Wildman–Crippen LogP) is 22.8. The van der Waals surface area contributed by atoms with Gasteiger partial charge in [0.2, 0.25) is 40.1 Å². The van der Waals surface area contributed by atoms with Crippen LogP contribution >= 0.6 is 31.9 Å². The number of rotatable bonds is 35. The monoisotopic (exact) mass is 2390 g/mol. The fourth-order valence-corrected chi connectivity index (χ4v) is 36.0. The third kappa shape index (κ3) is 35.0. The molecule has 0 aliphatic carbocycles. The number of imidazole rings is 3. The van der Waals surface area contributed by atoms with Crippen LogP contribution < -0.4 is 28.4 Å². The van der Waals surface area contributed by atoms with E-state index in [2.05, 4.69) is 105 Å². The maximum Gasteiger partial charge on any atom is 0.433 e. The molecule has 0 saturated carbocycles.